The van der Waals surface area contributed by atoms with Gasteiger partial charge in [-0.1, -0.05) is 57.9 Å². The molecule has 2 N–H and O–H groups in total. The van der Waals surface area contributed by atoms with E-state index in [1.165, 1.54) is 38.2 Å². The fourth-order valence-corrected chi connectivity index (χ4v) is 2.40. The second-order valence-corrected chi connectivity index (χ2v) is 6.15. The van der Waals surface area contributed by atoms with Gasteiger partial charge in [0.1, 0.15) is 5.82 Å². The normalized spacial score (nSPS) is 10.5. The van der Waals surface area contributed by atoms with Crippen LogP contribution in [-0.4, -0.2) is 18.4 Å². The molecule has 0 radical (unpaired) electrons. The minimum Gasteiger partial charge on any atom is -0.348 e. The number of hydrogen-bond donors (Lipinski definition) is 2. The third-order valence-corrected chi connectivity index (χ3v) is 3.95. The summed E-state index contributed by atoms with van der Waals surface area (Å²) >= 11 is 0. The Morgan fingerprint density at radius 3 is 2.21 bits per heavy atom. The summed E-state index contributed by atoms with van der Waals surface area (Å²) in [4.78, 5) is 23.4. The molecule has 4 nitrogen and oxygen atoms in total. The quantitative estimate of drug-likeness (QED) is 0.493. The molecule has 0 fully saturated rings. The van der Waals surface area contributed by atoms with Crippen LogP contribution in [0.1, 0.15) is 63.9 Å². The zero-order valence-electron chi connectivity index (χ0n) is 14.8. The van der Waals surface area contributed by atoms with E-state index in [4.69, 9.17) is 0 Å². The van der Waals surface area contributed by atoms with Gasteiger partial charge in [-0.15, -0.1) is 0 Å². The second-order valence-electron chi connectivity index (χ2n) is 6.15. The van der Waals surface area contributed by atoms with Gasteiger partial charge < -0.3 is 10.6 Å². The van der Waals surface area contributed by atoms with Gasteiger partial charge in [0.2, 0.25) is 0 Å². The van der Waals surface area contributed by atoms with Gasteiger partial charge in [0.05, 0.1) is 0 Å². The molecule has 24 heavy (non-hydrogen) atoms. The topological polar surface area (TPSA) is 58.2 Å². The SMILES string of the molecule is CCCCCCCCCCNC(=O)C(=O)Nc1ccc(C)c(F)c1. The first kappa shape index (κ1) is 20.1. The molecule has 5 heteroatoms. The van der Waals surface area contributed by atoms with Crippen molar-refractivity contribution in [2.75, 3.05) is 11.9 Å². The number of carbonyl (C=O) groups excluding carboxylic acids is 2. The van der Waals surface area contributed by atoms with Crippen molar-refractivity contribution in [3.63, 3.8) is 0 Å². The molecule has 0 aromatic heterocycles. The monoisotopic (exact) mass is 336 g/mol. The summed E-state index contributed by atoms with van der Waals surface area (Å²) in [5, 5.41) is 4.99. The molecule has 1 aromatic rings. The van der Waals surface area contributed by atoms with E-state index < -0.39 is 17.6 Å². The molecule has 0 saturated carbocycles. The molecule has 0 unspecified atom stereocenters. The molecule has 0 atom stereocenters. The Morgan fingerprint density at radius 1 is 0.958 bits per heavy atom. The molecule has 1 rings (SSSR count). The molecule has 0 aliphatic carbocycles. The first-order chi connectivity index (χ1) is 11.5. The third-order valence-electron chi connectivity index (χ3n) is 3.95. The standard InChI is InChI=1S/C19H29FN2O2/c1-3-4-5-6-7-8-9-10-13-21-18(23)19(24)22-16-12-11-15(2)17(20)14-16/h11-12,14H,3-10,13H2,1-2H3,(H,21,23)(H,22,24). The Balaban J connectivity index is 2.14. The van der Waals surface area contributed by atoms with Crippen LogP contribution >= 0.6 is 0 Å². The maximum Gasteiger partial charge on any atom is 0.313 e. The van der Waals surface area contributed by atoms with Gasteiger partial charge >= 0.3 is 11.8 Å². The van der Waals surface area contributed by atoms with Crippen LogP contribution < -0.4 is 10.6 Å². The predicted octanol–water partition coefficient (Wildman–Crippen LogP) is 4.33. The van der Waals surface area contributed by atoms with Crippen molar-refractivity contribution in [1.29, 1.82) is 0 Å². The van der Waals surface area contributed by atoms with E-state index in [2.05, 4.69) is 17.6 Å². The number of aryl methyl sites for hydroxylation is 1. The second kappa shape index (κ2) is 11.6. The van der Waals surface area contributed by atoms with E-state index in [-0.39, 0.29) is 5.69 Å². The fourth-order valence-electron chi connectivity index (χ4n) is 2.40. The van der Waals surface area contributed by atoms with Crippen LogP contribution in [-0.2, 0) is 9.59 Å². The lowest BCUT2D eigenvalue weighted by Gasteiger charge is -2.07. The predicted molar refractivity (Wildman–Crippen MR) is 95.4 cm³/mol. The summed E-state index contributed by atoms with van der Waals surface area (Å²) in [6, 6.07) is 4.34. The zero-order chi connectivity index (χ0) is 17.8. The number of nitrogens with one attached hydrogen (secondary N) is 2. The summed E-state index contributed by atoms with van der Waals surface area (Å²) in [6.45, 7) is 4.33. The maximum absolute atomic E-state index is 13.4. The number of benzene rings is 1. The van der Waals surface area contributed by atoms with Crippen molar-refractivity contribution >= 4 is 17.5 Å². The molecule has 0 aliphatic rings. The minimum atomic E-state index is -0.766. The van der Waals surface area contributed by atoms with Gasteiger partial charge in [-0.25, -0.2) is 4.39 Å². The largest absolute Gasteiger partial charge is 0.348 e. The molecule has 0 bridgehead atoms. The molecule has 0 heterocycles. The number of rotatable bonds is 10. The van der Waals surface area contributed by atoms with Crippen LogP contribution in [0, 0.1) is 12.7 Å². The lowest BCUT2D eigenvalue weighted by molar-refractivity contribution is -0.136. The van der Waals surface area contributed by atoms with Crippen LogP contribution in [0.25, 0.3) is 0 Å². The number of halogens is 1. The van der Waals surface area contributed by atoms with E-state index in [1.807, 2.05) is 0 Å². The smallest absolute Gasteiger partial charge is 0.313 e. The van der Waals surface area contributed by atoms with Gasteiger partial charge in [0.25, 0.3) is 0 Å². The molecular weight excluding hydrogens is 307 g/mol. The molecule has 2 amide bonds. The first-order valence-electron chi connectivity index (χ1n) is 8.90. The maximum atomic E-state index is 13.4. The summed E-state index contributed by atoms with van der Waals surface area (Å²) in [7, 11) is 0. The van der Waals surface area contributed by atoms with Crippen molar-refractivity contribution in [3.8, 4) is 0 Å². The highest BCUT2D eigenvalue weighted by Gasteiger charge is 2.13. The number of unbranched alkanes of at least 4 members (excludes halogenated alkanes) is 7. The van der Waals surface area contributed by atoms with Crippen molar-refractivity contribution < 1.29 is 14.0 Å². The van der Waals surface area contributed by atoms with Crippen molar-refractivity contribution in [3.05, 3.63) is 29.6 Å². The Morgan fingerprint density at radius 2 is 1.58 bits per heavy atom. The van der Waals surface area contributed by atoms with E-state index in [0.29, 0.717) is 12.1 Å². The highest BCUT2D eigenvalue weighted by atomic mass is 19.1. The lowest BCUT2D eigenvalue weighted by Crippen LogP contribution is -2.35. The van der Waals surface area contributed by atoms with E-state index in [9.17, 15) is 14.0 Å². The molecule has 0 aliphatic heterocycles. The lowest BCUT2D eigenvalue weighted by atomic mass is 10.1. The number of carbonyl (C=O) groups is 2. The Bertz CT molecular complexity index is 532. The average Bonchev–Trinajstić information content (AvgIpc) is 2.56. The molecule has 0 spiro atoms. The van der Waals surface area contributed by atoms with Crippen LogP contribution in [0.4, 0.5) is 10.1 Å². The van der Waals surface area contributed by atoms with Gasteiger partial charge in [-0.3, -0.25) is 9.59 Å². The highest BCUT2D eigenvalue weighted by molar-refractivity contribution is 6.39. The van der Waals surface area contributed by atoms with Crippen LogP contribution in [0.5, 0.6) is 0 Å². The van der Waals surface area contributed by atoms with E-state index >= 15 is 0 Å². The molecular formula is C19H29FN2O2. The third kappa shape index (κ3) is 8.09. The van der Waals surface area contributed by atoms with Crippen LogP contribution in [0.3, 0.4) is 0 Å². The fraction of sp³-hybridized carbons (Fsp3) is 0.579. The van der Waals surface area contributed by atoms with Crippen molar-refractivity contribution in [2.24, 2.45) is 0 Å². The summed E-state index contributed by atoms with van der Waals surface area (Å²) < 4.78 is 13.4. The van der Waals surface area contributed by atoms with Crippen molar-refractivity contribution in [2.45, 2.75) is 65.2 Å². The van der Waals surface area contributed by atoms with Gasteiger partial charge in [0.15, 0.2) is 0 Å². The Labute approximate surface area is 144 Å². The zero-order valence-corrected chi connectivity index (χ0v) is 14.8. The van der Waals surface area contributed by atoms with Crippen molar-refractivity contribution in [1.82, 2.24) is 5.32 Å². The van der Waals surface area contributed by atoms with E-state index in [1.54, 1.807) is 19.1 Å². The summed E-state index contributed by atoms with van der Waals surface area (Å²) in [5.41, 5.74) is 0.775. The van der Waals surface area contributed by atoms with Crippen LogP contribution in [0.15, 0.2) is 18.2 Å². The first-order valence-corrected chi connectivity index (χ1v) is 8.90. The number of amides is 2. The van der Waals surface area contributed by atoms with Gasteiger partial charge in [-0.05, 0) is 31.0 Å². The number of anilines is 1. The number of hydrogen-bond acceptors (Lipinski definition) is 2. The minimum absolute atomic E-state index is 0.283. The summed E-state index contributed by atoms with van der Waals surface area (Å²) in [6.07, 6.45) is 9.44. The van der Waals surface area contributed by atoms with E-state index in [0.717, 1.165) is 19.3 Å². The molecule has 134 valence electrons. The summed E-state index contributed by atoms with van der Waals surface area (Å²) in [5.74, 6) is -1.86. The Kier molecular flexibility index (Phi) is 9.73. The highest BCUT2D eigenvalue weighted by Crippen LogP contribution is 2.13. The Hall–Kier alpha value is -1.91. The van der Waals surface area contributed by atoms with Crippen LogP contribution in [0.2, 0.25) is 0 Å². The molecule has 1 aromatic carbocycles. The average molecular weight is 336 g/mol. The molecule has 0 saturated heterocycles. The van der Waals surface area contributed by atoms with Gasteiger partial charge in [-0.2, -0.15) is 0 Å². The van der Waals surface area contributed by atoms with Gasteiger partial charge in [0, 0.05) is 12.2 Å².